The molecule has 0 heterocycles. The van der Waals surface area contributed by atoms with Crippen LogP contribution in [0.3, 0.4) is 0 Å². The Labute approximate surface area is 148 Å². The fourth-order valence-corrected chi connectivity index (χ4v) is 2.46. The average Bonchev–Trinajstić information content (AvgIpc) is 2.55. The first-order chi connectivity index (χ1) is 11.5. The molecule has 0 unspecified atom stereocenters. The molecule has 7 heteroatoms. The molecular formula is C17H16BrN3O3. The van der Waals surface area contributed by atoms with Gasteiger partial charge in [-0.15, -0.1) is 0 Å². The van der Waals surface area contributed by atoms with Gasteiger partial charge in [0.05, 0.1) is 17.8 Å². The second kappa shape index (κ2) is 8.26. The molecule has 0 bridgehead atoms. The van der Waals surface area contributed by atoms with Crippen LogP contribution in [0.1, 0.15) is 22.8 Å². The fraction of sp³-hybridized carbons (Fsp3) is 0.118. The highest BCUT2D eigenvalue weighted by Crippen LogP contribution is 2.24. The number of ether oxygens (including phenoxy) is 1. The third kappa shape index (κ3) is 4.92. The highest BCUT2D eigenvalue weighted by molar-refractivity contribution is 9.10. The molecule has 6 nitrogen and oxygen atoms in total. The zero-order valence-corrected chi connectivity index (χ0v) is 14.8. The van der Waals surface area contributed by atoms with Crippen LogP contribution in [-0.2, 0) is 4.79 Å². The number of amides is 2. The summed E-state index contributed by atoms with van der Waals surface area (Å²) < 4.78 is 5.95. The number of rotatable bonds is 5. The van der Waals surface area contributed by atoms with E-state index < -0.39 is 0 Å². The Morgan fingerprint density at radius 3 is 2.46 bits per heavy atom. The molecule has 0 saturated carbocycles. The number of hydrazone groups is 1. The predicted molar refractivity (Wildman–Crippen MR) is 96.5 cm³/mol. The molecule has 0 spiro atoms. The van der Waals surface area contributed by atoms with E-state index in [1.54, 1.807) is 37.4 Å². The highest BCUT2D eigenvalue weighted by Gasteiger charge is 2.04. The average molecular weight is 390 g/mol. The molecule has 2 rings (SSSR count). The molecular weight excluding hydrogens is 374 g/mol. The topological polar surface area (TPSA) is 79.8 Å². The molecule has 2 N–H and O–H groups in total. The Morgan fingerprint density at radius 1 is 1.17 bits per heavy atom. The summed E-state index contributed by atoms with van der Waals surface area (Å²) in [5.41, 5.74) is 4.33. The van der Waals surface area contributed by atoms with Crippen molar-refractivity contribution in [1.82, 2.24) is 5.43 Å². The summed E-state index contributed by atoms with van der Waals surface area (Å²) in [5.74, 6) is 0.214. The Kier molecular flexibility index (Phi) is 6.08. The van der Waals surface area contributed by atoms with Gasteiger partial charge < -0.3 is 10.1 Å². The van der Waals surface area contributed by atoms with Crippen LogP contribution >= 0.6 is 15.9 Å². The number of hydrogen-bond donors (Lipinski definition) is 2. The molecule has 2 aromatic rings. The minimum Gasteiger partial charge on any atom is -0.496 e. The van der Waals surface area contributed by atoms with E-state index in [0.29, 0.717) is 11.3 Å². The summed E-state index contributed by atoms with van der Waals surface area (Å²) in [4.78, 5) is 22.9. The lowest BCUT2D eigenvalue weighted by atomic mass is 10.2. The van der Waals surface area contributed by atoms with Gasteiger partial charge in [0.2, 0.25) is 5.91 Å². The Hall–Kier alpha value is -2.67. The lowest BCUT2D eigenvalue weighted by Crippen LogP contribution is -2.17. The van der Waals surface area contributed by atoms with Gasteiger partial charge >= 0.3 is 0 Å². The lowest BCUT2D eigenvalue weighted by Gasteiger charge is -2.04. The first-order valence-electron chi connectivity index (χ1n) is 7.04. The minimum absolute atomic E-state index is 0.164. The Balaban J connectivity index is 1.97. The number of carbonyl (C=O) groups excluding carboxylic acids is 2. The van der Waals surface area contributed by atoms with E-state index in [4.69, 9.17) is 4.74 Å². The number of anilines is 1. The molecule has 0 atom stereocenters. The summed E-state index contributed by atoms with van der Waals surface area (Å²) in [5, 5.41) is 6.56. The maximum absolute atomic E-state index is 12.0. The van der Waals surface area contributed by atoms with Gasteiger partial charge in [0.1, 0.15) is 5.75 Å². The SMILES string of the molecule is COc1ccc(C=NNC(=O)c2ccc(NC(C)=O)cc2)cc1Br. The van der Waals surface area contributed by atoms with Gasteiger partial charge in [0, 0.05) is 18.2 Å². The van der Waals surface area contributed by atoms with Crippen molar-refractivity contribution in [3.63, 3.8) is 0 Å². The molecule has 0 aromatic heterocycles. The number of nitrogens with zero attached hydrogens (tertiary/aromatic N) is 1. The van der Waals surface area contributed by atoms with Gasteiger partial charge in [-0.05, 0) is 64.0 Å². The highest BCUT2D eigenvalue weighted by atomic mass is 79.9. The quantitative estimate of drug-likeness (QED) is 0.608. The summed E-state index contributed by atoms with van der Waals surface area (Å²) in [6.07, 6.45) is 1.54. The maximum Gasteiger partial charge on any atom is 0.271 e. The van der Waals surface area contributed by atoms with Crippen LogP contribution in [-0.4, -0.2) is 25.1 Å². The maximum atomic E-state index is 12.0. The molecule has 124 valence electrons. The third-order valence-electron chi connectivity index (χ3n) is 3.02. The van der Waals surface area contributed by atoms with Gasteiger partial charge in [-0.3, -0.25) is 9.59 Å². The molecule has 0 aliphatic rings. The Morgan fingerprint density at radius 2 is 1.88 bits per heavy atom. The third-order valence-corrected chi connectivity index (χ3v) is 3.64. The van der Waals surface area contributed by atoms with Gasteiger partial charge in [-0.1, -0.05) is 0 Å². The van der Waals surface area contributed by atoms with Crippen LogP contribution in [0.15, 0.2) is 52.0 Å². The molecule has 24 heavy (non-hydrogen) atoms. The van der Waals surface area contributed by atoms with Gasteiger partial charge in [-0.2, -0.15) is 5.10 Å². The number of hydrogen-bond acceptors (Lipinski definition) is 4. The predicted octanol–water partition coefficient (Wildman–Crippen LogP) is 3.18. The van der Waals surface area contributed by atoms with Crippen molar-refractivity contribution in [2.75, 3.05) is 12.4 Å². The van der Waals surface area contributed by atoms with E-state index in [1.165, 1.54) is 13.1 Å². The number of carbonyl (C=O) groups is 2. The van der Waals surface area contributed by atoms with Crippen LogP contribution in [0.5, 0.6) is 5.75 Å². The number of benzene rings is 2. The van der Waals surface area contributed by atoms with E-state index in [1.807, 2.05) is 12.1 Å². The largest absolute Gasteiger partial charge is 0.496 e. The zero-order chi connectivity index (χ0) is 17.5. The van der Waals surface area contributed by atoms with Crippen molar-refractivity contribution < 1.29 is 14.3 Å². The van der Waals surface area contributed by atoms with E-state index >= 15 is 0 Å². The summed E-state index contributed by atoms with van der Waals surface area (Å²) >= 11 is 3.38. The smallest absolute Gasteiger partial charge is 0.271 e. The van der Waals surface area contributed by atoms with Crippen molar-refractivity contribution in [3.05, 3.63) is 58.1 Å². The normalized spacial score (nSPS) is 10.5. The fourth-order valence-electron chi connectivity index (χ4n) is 1.90. The zero-order valence-electron chi connectivity index (χ0n) is 13.2. The first-order valence-corrected chi connectivity index (χ1v) is 7.83. The molecule has 2 amide bonds. The van der Waals surface area contributed by atoms with Gasteiger partial charge in [-0.25, -0.2) is 5.43 Å². The first kappa shape index (κ1) is 17.7. The minimum atomic E-state index is -0.340. The number of nitrogens with one attached hydrogen (secondary N) is 2. The summed E-state index contributed by atoms with van der Waals surface area (Å²) in [7, 11) is 1.59. The van der Waals surface area contributed by atoms with Crippen LogP contribution in [0.25, 0.3) is 0 Å². The van der Waals surface area contributed by atoms with Crippen molar-refractivity contribution >= 4 is 39.6 Å². The molecule has 0 radical (unpaired) electrons. The standard InChI is InChI=1S/C17H16BrN3O3/c1-11(22)20-14-6-4-13(5-7-14)17(23)21-19-10-12-3-8-16(24-2)15(18)9-12/h3-10H,1-2H3,(H,20,22)(H,21,23). The Bertz CT molecular complexity index is 773. The van der Waals surface area contributed by atoms with Crippen molar-refractivity contribution in [3.8, 4) is 5.75 Å². The summed E-state index contributed by atoms with van der Waals surface area (Å²) in [6, 6.07) is 12.0. The second-order valence-electron chi connectivity index (χ2n) is 4.85. The molecule has 2 aromatic carbocycles. The molecule has 0 aliphatic heterocycles. The van der Waals surface area contributed by atoms with Gasteiger partial charge in [0.15, 0.2) is 0 Å². The monoisotopic (exact) mass is 389 g/mol. The number of methoxy groups -OCH3 is 1. The lowest BCUT2D eigenvalue weighted by molar-refractivity contribution is -0.114. The summed E-state index contributed by atoms with van der Waals surface area (Å²) in [6.45, 7) is 1.42. The van der Waals surface area contributed by atoms with Crippen LogP contribution in [0.4, 0.5) is 5.69 Å². The van der Waals surface area contributed by atoms with Crippen molar-refractivity contribution in [1.29, 1.82) is 0 Å². The van der Waals surface area contributed by atoms with E-state index in [0.717, 1.165) is 15.8 Å². The van der Waals surface area contributed by atoms with Crippen LogP contribution < -0.4 is 15.5 Å². The second-order valence-corrected chi connectivity index (χ2v) is 5.71. The molecule has 0 fully saturated rings. The number of halogens is 1. The van der Waals surface area contributed by atoms with Crippen molar-refractivity contribution in [2.45, 2.75) is 6.92 Å². The van der Waals surface area contributed by atoms with Gasteiger partial charge in [0.25, 0.3) is 5.91 Å². The van der Waals surface area contributed by atoms with Crippen LogP contribution in [0.2, 0.25) is 0 Å². The van der Waals surface area contributed by atoms with E-state index in [2.05, 4.69) is 31.8 Å². The van der Waals surface area contributed by atoms with E-state index in [9.17, 15) is 9.59 Å². The molecule has 0 saturated heterocycles. The van der Waals surface area contributed by atoms with E-state index in [-0.39, 0.29) is 11.8 Å². The van der Waals surface area contributed by atoms with Crippen LogP contribution in [0, 0.1) is 0 Å². The van der Waals surface area contributed by atoms with Crippen molar-refractivity contribution in [2.24, 2.45) is 5.10 Å². The molecule has 0 aliphatic carbocycles.